The molecule has 1 amide bonds. The first-order chi connectivity index (χ1) is 10.6. The van der Waals surface area contributed by atoms with Crippen LogP contribution in [0.15, 0.2) is 60.7 Å². The molecule has 2 aromatic rings. The molecule has 0 spiro atoms. The van der Waals surface area contributed by atoms with Crippen molar-refractivity contribution < 1.29 is 9.53 Å². The molecular formula is C18H22N2O2. The van der Waals surface area contributed by atoms with Crippen LogP contribution in [0.4, 0.5) is 0 Å². The molecule has 0 saturated carbocycles. The van der Waals surface area contributed by atoms with Crippen LogP contribution in [0.5, 0.6) is 5.75 Å². The molecule has 4 heteroatoms. The molecule has 0 saturated heterocycles. The molecule has 0 bridgehead atoms. The summed E-state index contributed by atoms with van der Waals surface area (Å²) >= 11 is 0. The second-order valence-corrected chi connectivity index (χ2v) is 5.39. The number of hydrogen-bond donors (Lipinski definition) is 1. The van der Waals surface area contributed by atoms with Gasteiger partial charge in [0, 0.05) is 6.54 Å². The van der Waals surface area contributed by atoms with Crippen LogP contribution in [-0.2, 0) is 4.79 Å². The Kier molecular flexibility index (Phi) is 5.98. The molecule has 0 aliphatic rings. The van der Waals surface area contributed by atoms with Gasteiger partial charge in [0.1, 0.15) is 5.75 Å². The van der Waals surface area contributed by atoms with Gasteiger partial charge in [-0.2, -0.15) is 0 Å². The van der Waals surface area contributed by atoms with Gasteiger partial charge in [-0.25, -0.2) is 0 Å². The van der Waals surface area contributed by atoms with Crippen molar-refractivity contribution in [2.75, 3.05) is 27.2 Å². The molecule has 0 aliphatic heterocycles. The van der Waals surface area contributed by atoms with E-state index in [4.69, 9.17) is 4.74 Å². The fourth-order valence-electron chi connectivity index (χ4n) is 2.19. The predicted octanol–water partition coefficient (Wildman–Crippen LogP) is 2.48. The number of nitrogens with zero attached hydrogens (tertiary/aromatic N) is 1. The Morgan fingerprint density at radius 2 is 1.64 bits per heavy atom. The maximum atomic E-state index is 12.1. The lowest BCUT2D eigenvalue weighted by Crippen LogP contribution is -2.37. The Labute approximate surface area is 131 Å². The molecule has 0 radical (unpaired) electrons. The smallest absolute Gasteiger partial charge is 0.258 e. The third-order valence-electron chi connectivity index (χ3n) is 3.20. The van der Waals surface area contributed by atoms with Gasteiger partial charge in [0.2, 0.25) is 0 Å². The Morgan fingerprint density at radius 1 is 1.05 bits per heavy atom. The van der Waals surface area contributed by atoms with E-state index in [0.717, 1.165) is 12.1 Å². The second-order valence-electron chi connectivity index (χ2n) is 5.39. The number of carbonyl (C=O) groups is 1. The Morgan fingerprint density at radius 3 is 2.23 bits per heavy atom. The summed E-state index contributed by atoms with van der Waals surface area (Å²) in [5.41, 5.74) is 1.09. The standard InChI is InChI=1S/C18H22N2O2/c1-20(2)13-17(15-9-5-3-6-10-15)19-18(21)14-22-16-11-7-4-8-12-16/h3-12,17H,13-14H2,1-2H3,(H,19,21)/t17-/m0/s1. The number of hydrogen-bond acceptors (Lipinski definition) is 3. The highest BCUT2D eigenvalue weighted by molar-refractivity contribution is 5.78. The molecule has 22 heavy (non-hydrogen) atoms. The zero-order valence-corrected chi connectivity index (χ0v) is 13.0. The number of para-hydroxylation sites is 1. The fraction of sp³-hybridized carbons (Fsp3) is 0.278. The first-order valence-electron chi connectivity index (χ1n) is 7.32. The quantitative estimate of drug-likeness (QED) is 0.854. The van der Waals surface area contributed by atoms with Gasteiger partial charge in [-0.15, -0.1) is 0 Å². The third kappa shape index (κ3) is 5.22. The van der Waals surface area contributed by atoms with Crippen molar-refractivity contribution in [2.24, 2.45) is 0 Å². The summed E-state index contributed by atoms with van der Waals surface area (Å²) in [6.45, 7) is 0.752. The van der Waals surface area contributed by atoms with Gasteiger partial charge in [-0.05, 0) is 31.8 Å². The summed E-state index contributed by atoms with van der Waals surface area (Å²) < 4.78 is 5.48. The van der Waals surface area contributed by atoms with Crippen LogP contribution in [0, 0.1) is 0 Å². The van der Waals surface area contributed by atoms with Crippen LogP contribution >= 0.6 is 0 Å². The van der Waals surface area contributed by atoms with E-state index in [9.17, 15) is 4.79 Å². The molecule has 1 atom stereocenters. The van der Waals surface area contributed by atoms with Crippen LogP contribution in [0.1, 0.15) is 11.6 Å². The van der Waals surface area contributed by atoms with Crippen molar-refractivity contribution in [1.82, 2.24) is 10.2 Å². The van der Waals surface area contributed by atoms with E-state index >= 15 is 0 Å². The van der Waals surface area contributed by atoms with Crippen molar-refractivity contribution >= 4 is 5.91 Å². The zero-order valence-electron chi connectivity index (χ0n) is 13.0. The van der Waals surface area contributed by atoms with Gasteiger partial charge in [0.15, 0.2) is 6.61 Å². The lowest BCUT2D eigenvalue weighted by molar-refractivity contribution is -0.124. The number of carbonyl (C=O) groups excluding carboxylic acids is 1. The van der Waals surface area contributed by atoms with Gasteiger partial charge in [-0.3, -0.25) is 4.79 Å². The minimum atomic E-state index is -0.125. The molecule has 2 aromatic carbocycles. The molecule has 1 N–H and O–H groups in total. The van der Waals surface area contributed by atoms with E-state index in [1.807, 2.05) is 74.8 Å². The van der Waals surface area contributed by atoms with Crippen molar-refractivity contribution in [3.63, 3.8) is 0 Å². The lowest BCUT2D eigenvalue weighted by atomic mass is 10.1. The van der Waals surface area contributed by atoms with E-state index < -0.39 is 0 Å². The number of rotatable bonds is 7. The average Bonchev–Trinajstić information content (AvgIpc) is 2.54. The summed E-state index contributed by atoms with van der Waals surface area (Å²) in [6, 6.07) is 19.3. The van der Waals surface area contributed by atoms with Crippen molar-refractivity contribution in [3.05, 3.63) is 66.2 Å². The SMILES string of the molecule is CN(C)C[C@H](NC(=O)COc1ccccc1)c1ccccc1. The second kappa shape index (κ2) is 8.20. The van der Waals surface area contributed by atoms with E-state index in [-0.39, 0.29) is 18.6 Å². The Hall–Kier alpha value is -2.33. The number of ether oxygens (including phenoxy) is 1. The first kappa shape index (κ1) is 16.0. The molecule has 116 valence electrons. The number of benzene rings is 2. The molecule has 0 aliphatic carbocycles. The highest BCUT2D eigenvalue weighted by atomic mass is 16.5. The molecule has 2 rings (SSSR count). The van der Waals surface area contributed by atoms with Crippen LogP contribution in [-0.4, -0.2) is 38.1 Å². The van der Waals surface area contributed by atoms with Crippen molar-refractivity contribution in [2.45, 2.75) is 6.04 Å². The first-order valence-corrected chi connectivity index (χ1v) is 7.32. The van der Waals surface area contributed by atoms with E-state index in [1.54, 1.807) is 0 Å². The predicted molar refractivity (Wildman–Crippen MR) is 87.8 cm³/mol. The fourth-order valence-corrected chi connectivity index (χ4v) is 2.19. The summed E-state index contributed by atoms with van der Waals surface area (Å²) in [5, 5.41) is 3.03. The number of likely N-dealkylation sites (N-methyl/N-ethyl adjacent to an activating group) is 1. The van der Waals surface area contributed by atoms with Gasteiger partial charge in [0.25, 0.3) is 5.91 Å². The molecule has 4 nitrogen and oxygen atoms in total. The molecule has 0 unspecified atom stereocenters. The third-order valence-corrected chi connectivity index (χ3v) is 3.20. The highest BCUT2D eigenvalue weighted by Gasteiger charge is 2.15. The summed E-state index contributed by atoms with van der Waals surface area (Å²) in [6.07, 6.45) is 0. The number of nitrogens with one attached hydrogen (secondary N) is 1. The summed E-state index contributed by atoms with van der Waals surface area (Å²) in [4.78, 5) is 14.2. The van der Waals surface area contributed by atoms with Crippen LogP contribution in [0.2, 0.25) is 0 Å². The van der Waals surface area contributed by atoms with Gasteiger partial charge >= 0.3 is 0 Å². The normalized spacial score (nSPS) is 12.0. The minimum Gasteiger partial charge on any atom is -0.484 e. The average molecular weight is 298 g/mol. The van der Waals surface area contributed by atoms with Crippen LogP contribution in [0.25, 0.3) is 0 Å². The monoisotopic (exact) mass is 298 g/mol. The largest absolute Gasteiger partial charge is 0.484 e. The van der Waals surface area contributed by atoms with E-state index in [0.29, 0.717) is 5.75 Å². The lowest BCUT2D eigenvalue weighted by Gasteiger charge is -2.23. The Balaban J connectivity index is 1.93. The van der Waals surface area contributed by atoms with Crippen LogP contribution in [0.3, 0.4) is 0 Å². The molecule has 0 aromatic heterocycles. The summed E-state index contributed by atoms with van der Waals surface area (Å²) in [5.74, 6) is 0.570. The van der Waals surface area contributed by atoms with Crippen molar-refractivity contribution in [3.8, 4) is 5.75 Å². The van der Waals surface area contributed by atoms with Gasteiger partial charge < -0.3 is 15.0 Å². The summed E-state index contributed by atoms with van der Waals surface area (Å²) in [7, 11) is 3.98. The molecular weight excluding hydrogens is 276 g/mol. The van der Waals surface area contributed by atoms with Gasteiger partial charge in [0.05, 0.1) is 6.04 Å². The minimum absolute atomic E-state index is 0.0147. The maximum absolute atomic E-state index is 12.1. The van der Waals surface area contributed by atoms with E-state index in [2.05, 4.69) is 10.2 Å². The zero-order chi connectivity index (χ0) is 15.8. The topological polar surface area (TPSA) is 41.6 Å². The number of amides is 1. The highest BCUT2D eigenvalue weighted by Crippen LogP contribution is 2.13. The molecule has 0 fully saturated rings. The van der Waals surface area contributed by atoms with Crippen molar-refractivity contribution in [1.29, 1.82) is 0 Å². The Bertz CT molecular complexity index is 570. The van der Waals surface area contributed by atoms with Gasteiger partial charge in [-0.1, -0.05) is 48.5 Å². The van der Waals surface area contributed by atoms with Crippen LogP contribution < -0.4 is 10.1 Å². The van der Waals surface area contributed by atoms with E-state index in [1.165, 1.54) is 0 Å². The molecule has 0 heterocycles. The maximum Gasteiger partial charge on any atom is 0.258 e.